The Bertz CT molecular complexity index is 873. The van der Waals surface area contributed by atoms with E-state index in [1.165, 1.54) is 5.56 Å². The highest BCUT2D eigenvalue weighted by Gasteiger charge is 2.19. The number of benzene rings is 1. The molecule has 1 aliphatic rings. The molecule has 0 amide bonds. The second kappa shape index (κ2) is 6.98. The molecular weight excluding hydrogens is 334 g/mol. The summed E-state index contributed by atoms with van der Waals surface area (Å²) in [5.41, 5.74) is 3.34. The molecule has 25 heavy (non-hydrogen) atoms. The molecule has 0 aliphatic carbocycles. The Morgan fingerprint density at radius 1 is 1.12 bits per heavy atom. The van der Waals surface area contributed by atoms with E-state index in [-0.39, 0.29) is 0 Å². The zero-order valence-electron chi connectivity index (χ0n) is 14.2. The third-order valence-corrected chi connectivity index (χ3v) is 4.81. The molecule has 0 N–H and O–H groups in total. The average molecular weight is 354 g/mol. The molecule has 0 spiro atoms. The fourth-order valence-electron chi connectivity index (χ4n) is 3.17. The normalized spacial score (nSPS) is 14.5. The van der Waals surface area contributed by atoms with E-state index in [0.29, 0.717) is 0 Å². The first-order valence-corrected chi connectivity index (χ1v) is 8.99. The predicted octanol–water partition coefficient (Wildman–Crippen LogP) is 4.51. The Hall–Kier alpha value is -2.17. The van der Waals surface area contributed by atoms with Crippen molar-refractivity contribution < 1.29 is 4.42 Å². The van der Waals surface area contributed by atoms with Gasteiger partial charge in [-0.1, -0.05) is 18.5 Å². The zero-order valence-corrected chi connectivity index (χ0v) is 15.0. The van der Waals surface area contributed by atoms with Crippen LogP contribution in [0.1, 0.15) is 29.7 Å². The highest BCUT2D eigenvalue weighted by atomic mass is 35.5. The Balaban J connectivity index is 1.49. The van der Waals surface area contributed by atoms with Crippen LogP contribution in [0.15, 0.2) is 47.0 Å². The Kier molecular flexibility index (Phi) is 4.55. The molecule has 0 saturated carbocycles. The third kappa shape index (κ3) is 3.60. The lowest BCUT2D eigenvalue weighted by molar-refractivity contribution is 0.221. The molecule has 1 aromatic carbocycles. The van der Waals surface area contributed by atoms with Gasteiger partial charge in [-0.15, -0.1) is 0 Å². The van der Waals surface area contributed by atoms with Crippen molar-refractivity contribution in [2.24, 2.45) is 0 Å². The van der Waals surface area contributed by atoms with E-state index < -0.39 is 0 Å². The van der Waals surface area contributed by atoms with Crippen LogP contribution >= 0.6 is 11.6 Å². The number of fused-ring (bicyclic) bond motifs is 1. The maximum atomic E-state index is 5.95. The molecule has 2 aromatic heterocycles. The van der Waals surface area contributed by atoms with Gasteiger partial charge in [0.1, 0.15) is 11.5 Å². The average Bonchev–Trinajstić information content (AvgIpc) is 3.09. The first-order chi connectivity index (χ1) is 12.2. The van der Waals surface area contributed by atoms with Crippen molar-refractivity contribution in [2.75, 3.05) is 6.54 Å². The Morgan fingerprint density at radius 2 is 1.92 bits per heavy atom. The summed E-state index contributed by atoms with van der Waals surface area (Å²) in [7, 11) is 0. The molecule has 1 aliphatic heterocycles. The van der Waals surface area contributed by atoms with Gasteiger partial charge in [0.25, 0.3) is 0 Å². The smallest absolute Gasteiger partial charge is 0.159 e. The zero-order chi connectivity index (χ0) is 17.2. The summed E-state index contributed by atoms with van der Waals surface area (Å²) >= 11 is 5.95. The lowest BCUT2D eigenvalue weighted by Crippen LogP contribution is -2.30. The van der Waals surface area contributed by atoms with Crippen LogP contribution in [0, 0.1) is 0 Å². The molecule has 3 aromatic rings. The fraction of sp³-hybridized carbons (Fsp3) is 0.300. The molecule has 0 unspecified atom stereocenters. The van der Waals surface area contributed by atoms with Gasteiger partial charge in [-0.05, 0) is 36.4 Å². The summed E-state index contributed by atoms with van der Waals surface area (Å²) in [5.74, 6) is 2.84. The summed E-state index contributed by atoms with van der Waals surface area (Å²) in [6.45, 7) is 4.78. The van der Waals surface area contributed by atoms with E-state index in [1.54, 1.807) is 0 Å². The standard InChI is InChI=1S/C20H20ClN3O/c1-2-17-7-8-18(25-17)13-24-10-9-19-15(12-24)11-22-20(23-19)14-3-5-16(21)6-4-14/h3-8,11H,2,9-10,12-13H2,1H3. The van der Waals surface area contributed by atoms with E-state index in [1.807, 2.05) is 30.5 Å². The van der Waals surface area contributed by atoms with Crippen molar-refractivity contribution in [3.05, 3.63) is 70.4 Å². The van der Waals surface area contributed by atoms with Crippen molar-refractivity contribution in [3.63, 3.8) is 0 Å². The van der Waals surface area contributed by atoms with Crippen LogP contribution in [0.2, 0.25) is 5.02 Å². The molecule has 0 atom stereocenters. The van der Waals surface area contributed by atoms with Gasteiger partial charge >= 0.3 is 0 Å². The minimum Gasteiger partial charge on any atom is -0.465 e. The van der Waals surface area contributed by atoms with Crippen LogP contribution < -0.4 is 0 Å². The number of furan rings is 1. The van der Waals surface area contributed by atoms with Gasteiger partial charge in [0.05, 0.1) is 12.2 Å². The van der Waals surface area contributed by atoms with Crippen LogP contribution in [0.3, 0.4) is 0 Å². The van der Waals surface area contributed by atoms with E-state index in [2.05, 4.69) is 28.9 Å². The molecule has 0 bridgehead atoms. The van der Waals surface area contributed by atoms with Crippen LogP contribution in [-0.2, 0) is 25.9 Å². The maximum absolute atomic E-state index is 5.95. The van der Waals surface area contributed by atoms with E-state index in [9.17, 15) is 0 Å². The molecule has 5 heteroatoms. The number of aromatic nitrogens is 2. The molecule has 3 heterocycles. The molecule has 4 rings (SSSR count). The third-order valence-electron chi connectivity index (χ3n) is 4.56. The fourth-order valence-corrected chi connectivity index (χ4v) is 3.29. The minimum atomic E-state index is 0.724. The van der Waals surface area contributed by atoms with Gasteiger partial charge in [0, 0.05) is 48.3 Å². The van der Waals surface area contributed by atoms with Crippen LogP contribution in [-0.4, -0.2) is 21.4 Å². The van der Waals surface area contributed by atoms with Crippen molar-refractivity contribution in [1.82, 2.24) is 14.9 Å². The van der Waals surface area contributed by atoms with Gasteiger partial charge in [0.2, 0.25) is 0 Å². The highest BCUT2D eigenvalue weighted by Crippen LogP contribution is 2.23. The topological polar surface area (TPSA) is 42.2 Å². The Labute approximate surface area is 152 Å². The van der Waals surface area contributed by atoms with Gasteiger partial charge in [0.15, 0.2) is 5.82 Å². The summed E-state index contributed by atoms with van der Waals surface area (Å²) in [6.07, 6.45) is 3.82. The van der Waals surface area contributed by atoms with Gasteiger partial charge < -0.3 is 4.42 Å². The lowest BCUT2D eigenvalue weighted by Gasteiger charge is -2.27. The largest absolute Gasteiger partial charge is 0.465 e. The summed E-state index contributed by atoms with van der Waals surface area (Å²) < 4.78 is 5.83. The van der Waals surface area contributed by atoms with Gasteiger partial charge in [-0.2, -0.15) is 0 Å². The minimum absolute atomic E-state index is 0.724. The van der Waals surface area contributed by atoms with E-state index in [0.717, 1.165) is 66.1 Å². The highest BCUT2D eigenvalue weighted by molar-refractivity contribution is 6.30. The van der Waals surface area contributed by atoms with Crippen LogP contribution in [0.25, 0.3) is 11.4 Å². The van der Waals surface area contributed by atoms with Gasteiger partial charge in [-0.3, -0.25) is 4.90 Å². The van der Waals surface area contributed by atoms with Crippen molar-refractivity contribution in [1.29, 1.82) is 0 Å². The SMILES string of the molecule is CCc1ccc(CN2CCc3nc(-c4ccc(Cl)cc4)ncc3C2)o1. The molecule has 0 saturated heterocycles. The van der Waals surface area contributed by atoms with E-state index in [4.69, 9.17) is 21.0 Å². The summed E-state index contributed by atoms with van der Waals surface area (Å²) in [6, 6.07) is 11.8. The first-order valence-electron chi connectivity index (χ1n) is 8.62. The number of nitrogens with zero attached hydrogens (tertiary/aromatic N) is 3. The van der Waals surface area contributed by atoms with Crippen molar-refractivity contribution in [2.45, 2.75) is 32.9 Å². The second-order valence-electron chi connectivity index (χ2n) is 6.35. The van der Waals surface area contributed by atoms with Crippen molar-refractivity contribution >= 4 is 11.6 Å². The number of hydrogen-bond acceptors (Lipinski definition) is 4. The van der Waals surface area contributed by atoms with Crippen molar-refractivity contribution in [3.8, 4) is 11.4 Å². The van der Waals surface area contributed by atoms with E-state index >= 15 is 0 Å². The molecule has 128 valence electrons. The monoisotopic (exact) mass is 353 g/mol. The first kappa shape index (κ1) is 16.3. The maximum Gasteiger partial charge on any atom is 0.159 e. The number of aryl methyl sites for hydroxylation is 1. The molecule has 4 nitrogen and oxygen atoms in total. The van der Waals surface area contributed by atoms with Gasteiger partial charge in [-0.25, -0.2) is 9.97 Å². The number of halogens is 1. The molecule has 0 fully saturated rings. The molecule has 0 radical (unpaired) electrons. The second-order valence-corrected chi connectivity index (χ2v) is 6.79. The number of hydrogen-bond donors (Lipinski definition) is 0. The van der Waals surface area contributed by atoms with Crippen LogP contribution in [0.4, 0.5) is 0 Å². The number of rotatable bonds is 4. The molecular formula is C20H20ClN3O. The van der Waals surface area contributed by atoms with Crippen LogP contribution in [0.5, 0.6) is 0 Å². The summed E-state index contributed by atoms with van der Waals surface area (Å²) in [5, 5.41) is 0.724. The Morgan fingerprint density at radius 3 is 2.68 bits per heavy atom. The lowest BCUT2D eigenvalue weighted by atomic mass is 10.1. The summed E-state index contributed by atoms with van der Waals surface area (Å²) in [4.78, 5) is 11.7. The predicted molar refractivity (Wildman–Crippen MR) is 98.4 cm³/mol. The quantitative estimate of drug-likeness (QED) is 0.692.